The van der Waals surface area contributed by atoms with Gasteiger partial charge >= 0.3 is 0 Å². The van der Waals surface area contributed by atoms with Crippen LogP contribution in [0.25, 0.3) is 5.65 Å². The number of imidazole rings is 1. The lowest BCUT2D eigenvalue weighted by atomic mass is 10.1. The average molecular weight is 331 g/mol. The topological polar surface area (TPSA) is 54.6 Å². The van der Waals surface area contributed by atoms with E-state index in [0.29, 0.717) is 12.1 Å². The van der Waals surface area contributed by atoms with Crippen molar-refractivity contribution in [1.29, 1.82) is 0 Å². The number of amides is 1. The van der Waals surface area contributed by atoms with Crippen molar-refractivity contribution in [2.75, 3.05) is 20.6 Å². The summed E-state index contributed by atoms with van der Waals surface area (Å²) in [6.07, 6.45) is 5.34. The minimum atomic E-state index is -0.0946. The van der Waals surface area contributed by atoms with Gasteiger partial charge in [-0.05, 0) is 38.0 Å². The monoisotopic (exact) mass is 331 g/mol. The quantitative estimate of drug-likeness (QED) is 0.779. The maximum Gasteiger partial charge on any atom is 0.256 e. The highest BCUT2D eigenvalue weighted by atomic mass is 32.1. The molecule has 1 N–H and O–H groups in total. The molecule has 0 spiro atoms. The zero-order valence-electron chi connectivity index (χ0n) is 13.8. The van der Waals surface area contributed by atoms with Gasteiger partial charge in [0.15, 0.2) is 0 Å². The fourth-order valence-electron chi connectivity index (χ4n) is 2.73. The molecule has 0 saturated heterocycles. The Balaban J connectivity index is 1.77. The molecular formula is C16H21N5OS. The molecular weight excluding hydrogens is 310 g/mol. The zero-order valence-corrected chi connectivity index (χ0v) is 14.6. The molecule has 23 heavy (non-hydrogen) atoms. The van der Waals surface area contributed by atoms with Gasteiger partial charge in [-0.15, -0.1) is 11.3 Å². The molecule has 1 atom stereocenters. The summed E-state index contributed by atoms with van der Waals surface area (Å²) in [6.45, 7) is 2.67. The third-order valence-corrected chi connectivity index (χ3v) is 5.18. The summed E-state index contributed by atoms with van der Waals surface area (Å²) in [7, 11) is 5.97. The van der Waals surface area contributed by atoms with E-state index in [9.17, 15) is 4.79 Å². The van der Waals surface area contributed by atoms with Gasteiger partial charge in [-0.2, -0.15) is 5.10 Å². The minimum absolute atomic E-state index is 0.0946. The summed E-state index contributed by atoms with van der Waals surface area (Å²) in [5.41, 5.74) is 2.66. The number of rotatable bonds is 5. The lowest BCUT2D eigenvalue weighted by Gasteiger charge is -2.24. The smallest absolute Gasteiger partial charge is 0.256 e. The van der Waals surface area contributed by atoms with Gasteiger partial charge in [-0.25, -0.2) is 4.52 Å². The largest absolute Gasteiger partial charge is 0.350 e. The van der Waals surface area contributed by atoms with E-state index in [4.69, 9.17) is 0 Å². The van der Waals surface area contributed by atoms with E-state index in [2.05, 4.69) is 33.7 Å². The van der Waals surface area contributed by atoms with Crippen molar-refractivity contribution in [3.8, 4) is 0 Å². The summed E-state index contributed by atoms with van der Waals surface area (Å²) >= 11 is 1.73. The van der Waals surface area contributed by atoms with Gasteiger partial charge in [-0.1, -0.05) is 0 Å². The van der Waals surface area contributed by atoms with Gasteiger partial charge in [0, 0.05) is 30.9 Å². The number of aryl methyl sites for hydroxylation is 2. The number of likely N-dealkylation sites (N-methyl/N-ethyl adjacent to an activating group) is 1. The third kappa shape index (κ3) is 2.89. The first-order valence-corrected chi connectivity index (χ1v) is 8.34. The van der Waals surface area contributed by atoms with Gasteiger partial charge in [-0.3, -0.25) is 4.79 Å². The molecule has 3 aromatic rings. The van der Waals surface area contributed by atoms with Crippen molar-refractivity contribution in [2.24, 2.45) is 7.05 Å². The molecule has 0 aliphatic rings. The standard InChI is InChI=1S/C16H21N5OS/c1-11-5-8-23-14(11)13(19(2)3)10-17-15(22)12-9-18-21-7-6-20(4)16(12)21/h5-9,13H,10H2,1-4H3,(H,17,22). The molecule has 122 valence electrons. The molecule has 0 fully saturated rings. The number of thiophene rings is 1. The molecule has 6 nitrogen and oxygen atoms in total. The number of nitrogens with one attached hydrogen (secondary N) is 1. The Kier molecular flexibility index (Phi) is 4.23. The van der Waals surface area contributed by atoms with Gasteiger partial charge in [0.1, 0.15) is 11.2 Å². The molecule has 0 saturated carbocycles. The third-order valence-electron chi connectivity index (χ3n) is 4.06. The first-order valence-electron chi connectivity index (χ1n) is 7.46. The number of nitrogens with zero attached hydrogens (tertiary/aromatic N) is 4. The Morgan fingerprint density at radius 3 is 2.87 bits per heavy atom. The molecule has 7 heteroatoms. The molecule has 3 rings (SSSR count). The number of carbonyl (C=O) groups is 1. The van der Waals surface area contributed by atoms with Gasteiger partial charge < -0.3 is 14.8 Å². The van der Waals surface area contributed by atoms with Gasteiger partial charge in [0.2, 0.25) is 0 Å². The average Bonchev–Trinajstić information content (AvgIpc) is 3.18. The van der Waals surface area contributed by atoms with Crippen LogP contribution in [0, 0.1) is 6.92 Å². The van der Waals surface area contributed by atoms with Crippen molar-refractivity contribution in [1.82, 2.24) is 24.4 Å². The van der Waals surface area contributed by atoms with Crippen LogP contribution in [0.1, 0.15) is 26.8 Å². The number of hydrogen-bond acceptors (Lipinski definition) is 4. The summed E-state index contributed by atoms with van der Waals surface area (Å²) in [5.74, 6) is -0.0946. The Hall–Kier alpha value is -2.12. The molecule has 3 aromatic heterocycles. The Morgan fingerprint density at radius 2 is 2.22 bits per heavy atom. The Bertz CT molecular complexity index is 829. The predicted octanol–water partition coefficient (Wildman–Crippen LogP) is 2.08. The maximum absolute atomic E-state index is 12.6. The van der Waals surface area contributed by atoms with Gasteiger partial charge in [0.05, 0.1) is 12.2 Å². The highest BCUT2D eigenvalue weighted by Gasteiger charge is 2.20. The zero-order chi connectivity index (χ0) is 16.6. The first-order chi connectivity index (χ1) is 11.0. The number of hydrogen-bond donors (Lipinski definition) is 1. The van der Waals surface area contributed by atoms with Crippen molar-refractivity contribution in [3.05, 3.63) is 46.0 Å². The van der Waals surface area contributed by atoms with Crippen LogP contribution in [0.2, 0.25) is 0 Å². The maximum atomic E-state index is 12.6. The minimum Gasteiger partial charge on any atom is -0.350 e. The fourth-order valence-corrected chi connectivity index (χ4v) is 3.85. The van der Waals surface area contributed by atoms with E-state index in [1.165, 1.54) is 10.4 Å². The summed E-state index contributed by atoms with van der Waals surface area (Å²) < 4.78 is 3.61. The van der Waals surface area contributed by atoms with Crippen LogP contribution < -0.4 is 5.32 Å². The van der Waals surface area contributed by atoms with Crippen molar-refractivity contribution in [2.45, 2.75) is 13.0 Å². The summed E-state index contributed by atoms with van der Waals surface area (Å²) in [6, 6.07) is 2.28. The van der Waals surface area contributed by atoms with Crippen LogP contribution in [-0.4, -0.2) is 45.6 Å². The van der Waals surface area contributed by atoms with Gasteiger partial charge in [0.25, 0.3) is 5.91 Å². The lowest BCUT2D eigenvalue weighted by Crippen LogP contribution is -2.34. The Morgan fingerprint density at radius 1 is 1.43 bits per heavy atom. The molecule has 0 aliphatic heterocycles. The number of aromatic nitrogens is 3. The highest BCUT2D eigenvalue weighted by Crippen LogP contribution is 2.26. The SMILES string of the molecule is Cc1ccsc1C(CNC(=O)c1cnn2ccn(C)c12)N(C)C. The highest BCUT2D eigenvalue weighted by molar-refractivity contribution is 7.10. The molecule has 3 heterocycles. The molecule has 0 radical (unpaired) electrons. The van der Waals surface area contributed by atoms with E-state index < -0.39 is 0 Å². The number of carbonyl (C=O) groups excluding carboxylic acids is 1. The second-order valence-corrected chi connectivity index (χ2v) is 6.84. The van der Waals surface area contributed by atoms with E-state index in [1.54, 1.807) is 22.0 Å². The van der Waals surface area contributed by atoms with Crippen LogP contribution in [0.3, 0.4) is 0 Å². The van der Waals surface area contributed by atoms with Crippen LogP contribution >= 0.6 is 11.3 Å². The molecule has 0 aromatic carbocycles. The molecule has 1 amide bonds. The van der Waals surface area contributed by atoms with Crippen LogP contribution in [0.4, 0.5) is 0 Å². The molecule has 0 aliphatic carbocycles. The van der Waals surface area contributed by atoms with Crippen LogP contribution in [0.5, 0.6) is 0 Å². The van der Waals surface area contributed by atoms with E-state index in [1.807, 2.05) is 38.1 Å². The van der Waals surface area contributed by atoms with Crippen molar-refractivity contribution in [3.63, 3.8) is 0 Å². The van der Waals surface area contributed by atoms with E-state index >= 15 is 0 Å². The summed E-state index contributed by atoms with van der Waals surface area (Å²) in [4.78, 5) is 16.0. The Labute approximate surface area is 139 Å². The predicted molar refractivity (Wildman–Crippen MR) is 92.0 cm³/mol. The van der Waals surface area contributed by atoms with E-state index in [0.717, 1.165) is 5.65 Å². The van der Waals surface area contributed by atoms with Crippen LogP contribution in [-0.2, 0) is 7.05 Å². The second kappa shape index (κ2) is 6.17. The normalized spacial score (nSPS) is 12.9. The lowest BCUT2D eigenvalue weighted by molar-refractivity contribution is 0.0943. The molecule has 0 bridgehead atoms. The number of fused-ring (bicyclic) bond motifs is 1. The van der Waals surface area contributed by atoms with Crippen LogP contribution in [0.15, 0.2) is 30.0 Å². The van der Waals surface area contributed by atoms with Crippen molar-refractivity contribution >= 4 is 22.9 Å². The first kappa shape index (κ1) is 15.8. The second-order valence-electron chi connectivity index (χ2n) is 5.89. The fraction of sp³-hybridized carbons (Fsp3) is 0.375. The molecule has 1 unspecified atom stereocenters. The summed E-state index contributed by atoms with van der Waals surface area (Å²) in [5, 5.41) is 9.36. The van der Waals surface area contributed by atoms with E-state index in [-0.39, 0.29) is 11.9 Å². The van der Waals surface area contributed by atoms with Crippen molar-refractivity contribution < 1.29 is 4.79 Å².